The number of rotatable bonds is 14. The zero-order valence-corrected chi connectivity index (χ0v) is 20.4. The molecule has 0 saturated carbocycles. The molecule has 0 aliphatic carbocycles. The van der Waals surface area contributed by atoms with Gasteiger partial charge in [-0.05, 0) is 40.2 Å². The van der Waals surface area contributed by atoms with Crippen molar-refractivity contribution in [2.45, 2.75) is 58.7 Å². The van der Waals surface area contributed by atoms with E-state index in [2.05, 4.69) is 21.1 Å². The van der Waals surface area contributed by atoms with Crippen LogP contribution in [0, 0.1) is 10.1 Å². The third-order valence-electron chi connectivity index (χ3n) is 4.43. The largest absolute Gasteiger partial charge is 0.433 e. The van der Waals surface area contributed by atoms with Gasteiger partial charge in [0.25, 0.3) is 0 Å². The Morgan fingerprint density at radius 3 is 2.28 bits per heavy atom. The number of nitrogens with zero attached hydrogens (tertiary/aromatic N) is 3. The van der Waals surface area contributed by atoms with E-state index in [0.717, 1.165) is 0 Å². The predicted molar refractivity (Wildman–Crippen MR) is 123 cm³/mol. The second-order valence-electron chi connectivity index (χ2n) is 7.56. The summed E-state index contributed by atoms with van der Waals surface area (Å²) in [5.74, 6) is -0.0827. The first-order chi connectivity index (χ1) is 14.1. The molecule has 1 aromatic rings. The molecule has 14 heteroatoms. The molecule has 0 atom stereocenters. The number of oxime groups is 2. The molecular weight excluding hydrogens is 469 g/mol. The van der Waals surface area contributed by atoms with Crippen molar-refractivity contribution in [3.8, 4) is 0 Å². The molecule has 0 aliphatic rings. The molecule has 1 heterocycles. The molecule has 1 rings (SSSR count). The Morgan fingerprint density at radius 2 is 1.78 bits per heavy atom. The van der Waals surface area contributed by atoms with Gasteiger partial charge >= 0.3 is 5.88 Å². The number of halogens is 2. The van der Waals surface area contributed by atoms with Gasteiger partial charge in [0.2, 0.25) is 0 Å². The van der Waals surface area contributed by atoms with E-state index in [4.69, 9.17) is 19.2 Å². The topological polar surface area (TPSA) is 164 Å². The number of ether oxygens (including phenoxy) is 1. The van der Waals surface area contributed by atoms with Crippen molar-refractivity contribution < 1.29 is 29.3 Å². The van der Waals surface area contributed by atoms with Crippen LogP contribution in [0.1, 0.15) is 46.8 Å². The van der Waals surface area contributed by atoms with Crippen molar-refractivity contribution in [3.05, 3.63) is 28.0 Å². The molecule has 1 aromatic heterocycles. The summed E-state index contributed by atoms with van der Waals surface area (Å²) in [6, 6.07) is 2.69. The van der Waals surface area contributed by atoms with Gasteiger partial charge in [0, 0.05) is 6.54 Å². The van der Waals surface area contributed by atoms with Gasteiger partial charge < -0.3 is 24.9 Å². The van der Waals surface area contributed by atoms with Crippen LogP contribution in [-0.4, -0.2) is 57.6 Å². The summed E-state index contributed by atoms with van der Waals surface area (Å²) < 4.78 is 10.4. The number of nitro groups is 1. The van der Waals surface area contributed by atoms with Gasteiger partial charge in [-0.15, -0.1) is 24.8 Å². The minimum Gasteiger partial charge on any atom is -0.411 e. The van der Waals surface area contributed by atoms with Gasteiger partial charge in [0.15, 0.2) is 0 Å². The standard InChI is InChI=1S/C18H31N5O7.2ClH/c1-6-14(20-24)17(2,3)19-9-10-29-22-18(4,5)15(21-25)12-28-11-13-7-8-16(30-13)23(26)27;;/h7-8,19,22,24-25H,6,9-12H2,1-5H3;2*1H. The number of hydrogen-bond donors (Lipinski definition) is 4. The van der Waals surface area contributed by atoms with Crippen LogP contribution in [0.2, 0.25) is 0 Å². The van der Waals surface area contributed by atoms with Gasteiger partial charge in [-0.2, -0.15) is 5.48 Å². The maximum absolute atomic E-state index is 10.6. The Labute approximate surface area is 199 Å². The summed E-state index contributed by atoms with van der Waals surface area (Å²) in [4.78, 5) is 15.4. The first-order valence-electron chi connectivity index (χ1n) is 9.45. The molecule has 0 fully saturated rings. The summed E-state index contributed by atoms with van der Waals surface area (Å²) in [7, 11) is 0. The van der Waals surface area contributed by atoms with E-state index in [1.54, 1.807) is 13.8 Å². The van der Waals surface area contributed by atoms with Crippen LogP contribution in [0.5, 0.6) is 0 Å². The fourth-order valence-corrected chi connectivity index (χ4v) is 2.57. The normalized spacial score (nSPS) is 12.8. The van der Waals surface area contributed by atoms with E-state index in [-0.39, 0.29) is 55.4 Å². The van der Waals surface area contributed by atoms with Crippen molar-refractivity contribution in [2.24, 2.45) is 10.3 Å². The first kappa shape index (κ1) is 32.2. The van der Waals surface area contributed by atoms with E-state index in [1.807, 2.05) is 20.8 Å². The Kier molecular flexibility index (Phi) is 15.1. The lowest BCUT2D eigenvalue weighted by Gasteiger charge is -2.28. The van der Waals surface area contributed by atoms with E-state index in [0.29, 0.717) is 25.3 Å². The van der Waals surface area contributed by atoms with Gasteiger partial charge in [0.05, 0.1) is 36.1 Å². The molecule has 32 heavy (non-hydrogen) atoms. The molecular formula is C18H33Cl2N5O7. The molecule has 4 N–H and O–H groups in total. The molecule has 12 nitrogen and oxygen atoms in total. The Hall–Kier alpha value is -1.96. The van der Waals surface area contributed by atoms with Crippen LogP contribution >= 0.6 is 24.8 Å². The van der Waals surface area contributed by atoms with Crippen LogP contribution in [0.15, 0.2) is 26.9 Å². The number of hydrogen-bond acceptors (Lipinski definition) is 11. The van der Waals surface area contributed by atoms with E-state index < -0.39 is 16.0 Å². The second kappa shape index (κ2) is 15.0. The Balaban J connectivity index is 0. The van der Waals surface area contributed by atoms with Crippen LogP contribution in [0.4, 0.5) is 5.88 Å². The average molecular weight is 502 g/mol. The molecule has 0 unspecified atom stereocenters. The van der Waals surface area contributed by atoms with Crippen LogP contribution in [0.3, 0.4) is 0 Å². The highest BCUT2D eigenvalue weighted by molar-refractivity contribution is 5.93. The van der Waals surface area contributed by atoms with E-state index >= 15 is 0 Å². The van der Waals surface area contributed by atoms with Crippen LogP contribution in [-0.2, 0) is 16.2 Å². The van der Waals surface area contributed by atoms with E-state index in [9.17, 15) is 15.3 Å². The lowest BCUT2D eigenvalue weighted by molar-refractivity contribution is -0.402. The fourth-order valence-electron chi connectivity index (χ4n) is 2.57. The summed E-state index contributed by atoms with van der Waals surface area (Å²) >= 11 is 0. The maximum Gasteiger partial charge on any atom is 0.433 e. The zero-order valence-electron chi connectivity index (χ0n) is 18.8. The molecule has 0 aromatic carbocycles. The number of furan rings is 1. The summed E-state index contributed by atoms with van der Waals surface area (Å²) in [6.45, 7) is 9.92. The van der Waals surface area contributed by atoms with Crippen molar-refractivity contribution >= 4 is 42.1 Å². The number of nitrogens with one attached hydrogen (secondary N) is 2. The van der Waals surface area contributed by atoms with Crippen LogP contribution in [0.25, 0.3) is 0 Å². The van der Waals surface area contributed by atoms with E-state index in [1.165, 1.54) is 12.1 Å². The molecule has 0 aliphatic heterocycles. The van der Waals surface area contributed by atoms with Gasteiger partial charge in [-0.3, -0.25) is 15.0 Å². The van der Waals surface area contributed by atoms with Crippen LogP contribution < -0.4 is 10.8 Å². The molecule has 0 radical (unpaired) electrons. The zero-order chi connectivity index (χ0) is 22.8. The highest BCUT2D eigenvalue weighted by Crippen LogP contribution is 2.16. The first-order valence-corrected chi connectivity index (χ1v) is 9.45. The highest BCUT2D eigenvalue weighted by Gasteiger charge is 2.27. The summed E-state index contributed by atoms with van der Waals surface area (Å²) in [5, 5.41) is 38.8. The minimum absolute atomic E-state index is 0. The molecule has 0 amide bonds. The smallest absolute Gasteiger partial charge is 0.411 e. The fraction of sp³-hybridized carbons (Fsp3) is 0.667. The Morgan fingerprint density at radius 1 is 1.16 bits per heavy atom. The third kappa shape index (κ3) is 10.1. The second-order valence-corrected chi connectivity index (χ2v) is 7.56. The summed E-state index contributed by atoms with van der Waals surface area (Å²) in [6.07, 6.45) is 0.615. The highest BCUT2D eigenvalue weighted by atomic mass is 35.5. The SMILES string of the molecule is CCC(=NO)C(C)(C)NCCONC(C)(C)C(COCc1ccc([N+](=O)[O-])o1)=NO.Cl.Cl. The number of hydroxylamine groups is 1. The van der Waals surface area contributed by atoms with Gasteiger partial charge in [-0.1, -0.05) is 17.2 Å². The molecule has 0 bridgehead atoms. The average Bonchev–Trinajstić information content (AvgIpc) is 3.14. The monoisotopic (exact) mass is 501 g/mol. The molecule has 0 saturated heterocycles. The maximum atomic E-state index is 10.6. The third-order valence-corrected chi connectivity index (χ3v) is 4.43. The predicted octanol–water partition coefficient (Wildman–Crippen LogP) is 3.29. The lowest BCUT2D eigenvalue weighted by atomic mass is 9.96. The summed E-state index contributed by atoms with van der Waals surface area (Å²) in [5.41, 5.74) is 2.38. The van der Waals surface area contributed by atoms with Gasteiger partial charge in [-0.25, -0.2) is 0 Å². The quantitative estimate of drug-likeness (QED) is 0.0982. The van der Waals surface area contributed by atoms with Crippen molar-refractivity contribution in [3.63, 3.8) is 0 Å². The van der Waals surface area contributed by atoms with Gasteiger partial charge in [0.1, 0.15) is 23.0 Å². The minimum atomic E-state index is -0.847. The van der Waals surface area contributed by atoms with Crippen molar-refractivity contribution in [1.29, 1.82) is 0 Å². The van der Waals surface area contributed by atoms with Crippen molar-refractivity contribution in [2.75, 3.05) is 19.8 Å². The Bertz CT molecular complexity index is 754. The molecule has 186 valence electrons. The lowest BCUT2D eigenvalue weighted by Crippen LogP contribution is -2.51. The van der Waals surface area contributed by atoms with Crippen molar-refractivity contribution in [1.82, 2.24) is 10.8 Å². The molecule has 0 spiro atoms.